The summed E-state index contributed by atoms with van der Waals surface area (Å²) < 4.78 is 10.9. The SMILES string of the molecule is CC(C)(C)OC(=O)N1CCC1COc1c(N)ncnc1Cl. The van der Waals surface area contributed by atoms with Gasteiger partial charge in [0.2, 0.25) is 0 Å². The van der Waals surface area contributed by atoms with Gasteiger partial charge in [0.05, 0.1) is 6.04 Å². The first-order valence-electron chi connectivity index (χ1n) is 6.66. The fraction of sp³-hybridized carbons (Fsp3) is 0.615. The summed E-state index contributed by atoms with van der Waals surface area (Å²) in [6.45, 7) is 6.42. The minimum absolute atomic E-state index is 0.0597. The molecule has 1 aliphatic heterocycles. The van der Waals surface area contributed by atoms with Crippen molar-refractivity contribution >= 4 is 23.5 Å². The van der Waals surface area contributed by atoms with Crippen LogP contribution in [0.1, 0.15) is 27.2 Å². The molecular formula is C13H19ClN4O3. The molecule has 1 saturated heterocycles. The maximum Gasteiger partial charge on any atom is 0.410 e. The van der Waals surface area contributed by atoms with Gasteiger partial charge in [0.25, 0.3) is 0 Å². The molecule has 0 aromatic carbocycles. The second kappa shape index (κ2) is 5.93. The standard InChI is InChI=1S/C13H19ClN4O3/c1-13(2,3)21-12(19)18-5-4-8(18)6-20-9-10(14)16-7-17-11(9)15/h7-8H,4-6H2,1-3H3,(H2,15,16,17). The molecule has 2 N–H and O–H groups in total. The van der Waals surface area contributed by atoms with E-state index in [4.69, 9.17) is 26.8 Å². The highest BCUT2D eigenvalue weighted by Crippen LogP contribution is 2.28. The van der Waals surface area contributed by atoms with E-state index < -0.39 is 5.60 Å². The van der Waals surface area contributed by atoms with E-state index in [0.717, 1.165) is 6.42 Å². The smallest absolute Gasteiger partial charge is 0.410 e. The number of carbonyl (C=O) groups is 1. The van der Waals surface area contributed by atoms with Crippen LogP contribution < -0.4 is 10.5 Å². The molecule has 21 heavy (non-hydrogen) atoms. The highest BCUT2D eigenvalue weighted by Gasteiger charge is 2.35. The lowest BCUT2D eigenvalue weighted by Gasteiger charge is -2.41. The van der Waals surface area contributed by atoms with Crippen molar-refractivity contribution in [3.63, 3.8) is 0 Å². The Morgan fingerprint density at radius 2 is 2.24 bits per heavy atom. The summed E-state index contributed by atoms with van der Waals surface area (Å²) in [6, 6.07) is -0.0597. The molecule has 1 fully saturated rings. The van der Waals surface area contributed by atoms with Gasteiger partial charge in [-0.2, -0.15) is 0 Å². The molecule has 1 aromatic heterocycles. The largest absolute Gasteiger partial charge is 0.485 e. The molecule has 0 aliphatic carbocycles. The maximum atomic E-state index is 12.0. The Morgan fingerprint density at radius 3 is 2.76 bits per heavy atom. The third-order valence-corrected chi connectivity index (χ3v) is 3.25. The Bertz CT molecular complexity index is 512. The van der Waals surface area contributed by atoms with Crippen molar-refractivity contribution in [2.24, 2.45) is 0 Å². The molecule has 1 unspecified atom stereocenters. The third-order valence-electron chi connectivity index (χ3n) is 2.98. The number of nitrogens with zero attached hydrogens (tertiary/aromatic N) is 3. The van der Waals surface area contributed by atoms with Crippen LogP contribution in [-0.2, 0) is 4.74 Å². The maximum absolute atomic E-state index is 12.0. The van der Waals surface area contributed by atoms with Crippen LogP contribution in [0, 0.1) is 0 Å². The molecule has 0 bridgehead atoms. The Hall–Kier alpha value is -1.76. The normalized spacial score (nSPS) is 18.1. The molecule has 1 aromatic rings. The molecule has 8 heteroatoms. The first-order valence-corrected chi connectivity index (χ1v) is 7.04. The van der Waals surface area contributed by atoms with Gasteiger partial charge in [-0.1, -0.05) is 11.6 Å². The second-order valence-electron chi connectivity index (χ2n) is 5.81. The zero-order valence-electron chi connectivity index (χ0n) is 12.3. The summed E-state index contributed by atoms with van der Waals surface area (Å²) in [5, 5.41) is 0.158. The number of halogens is 1. The van der Waals surface area contributed by atoms with E-state index >= 15 is 0 Å². The number of carbonyl (C=O) groups excluding carboxylic acids is 1. The van der Waals surface area contributed by atoms with Gasteiger partial charge >= 0.3 is 6.09 Å². The summed E-state index contributed by atoms with van der Waals surface area (Å²) in [5.74, 6) is 0.424. The average molecular weight is 315 g/mol. The van der Waals surface area contributed by atoms with E-state index in [1.165, 1.54) is 6.33 Å². The van der Waals surface area contributed by atoms with Gasteiger partial charge in [-0.3, -0.25) is 0 Å². The van der Waals surface area contributed by atoms with Gasteiger partial charge in [0, 0.05) is 6.54 Å². The molecular weight excluding hydrogens is 296 g/mol. The highest BCUT2D eigenvalue weighted by molar-refractivity contribution is 6.31. The lowest BCUT2D eigenvalue weighted by Crippen LogP contribution is -2.55. The van der Waals surface area contributed by atoms with Crippen LogP contribution in [0.5, 0.6) is 5.75 Å². The number of hydrogen-bond donors (Lipinski definition) is 1. The molecule has 0 spiro atoms. The van der Waals surface area contributed by atoms with Crippen LogP contribution in [0.15, 0.2) is 6.33 Å². The van der Waals surface area contributed by atoms with E-state index in [0.29, 0.717) is 6.54 Å². The van der Waals surface area contributed by atoms with Crippen molar-refractivity contribution in [3.8, 4) is 5.75 Å². The van der Waals surface area contributed by atoms with E-state index in [-0.39, 0.29) is 35.5 Å². The van der Waals surface area contributed by atoms with E-state index in [9.17, 15) is 4.79 Å². The van der Waals surface area contributed by atoms with Crippen LogP contribution in [0.2, 0.25) is 5.15 Å². The topological polar surface area (TPSA) is 90.6 Å². The van der Waals surface area contributed by atoms with Crippen molar-refractivity contribution in [1.29, 1.82) is 0 Å². The summed E-state index contributed by atoms with van der Waals surface area (Å²) >= 11 is 5.90. The molecule has 1 amide bonds. The molecule has 116 valence electrons. The third kappa shape index (κ3) is 3.87. The van der Waals surface area contributed by atoms with Crippen molar-refractivity contribution in [3.05, 3.63) is 11.5 Å². The minimum atomic E-state index is -0.515. The summed E-state index contributed by atoms with van der Waals surface area (Å²) in [4.78, 5) is 21.2. The fourth-order valence-corrected chi connectivity index (χ4v) is 2.05. The van der Waals surface area contributed by atoms with Gasteiger partial charge in [-0.15, -0.1) is 0 Å². The van der Waals surface area contributed by atoms with Gasteiger partial charge in [0.15, 0.2) is 16.7 Å². The van der Waals surface area contributed by atoms with Crippen molar-refractivity contribution < 1.29 is 14.3 Å². The van der Waals surface area contributed by atoms with Gasteiger partial charge in [-0.05, 0) is 27.2 Å². The monoisotopic (exact) mass is 314 g/mol. The molecule has 0 radical (unpaired) electrons. The van der Waals surface area contributed by atoms with E-state index in [1.807, 2.05) is 20.8 Å². The van der Waals surface area contributed by atoms with E-state index in [1.54, 1.807) is 4.90 Å². The lowest BCUT2D eigenvalue weighted by molar-refractivity contribution is -0.0141. The minimum Gasteiger partial charge on any atom is -0.485 e. The van der Waals surface area contributed by atoms with Crippen molar-refractivity contribution in [2.75, 3.05) is 18.9 Å². The highest BCUT2D eigenvalue weighted by atomic mass is 35.5. The molecule has 2 rings (SSSR count). The molecule has 1 aliphatic rings. The summed E-state index contributed by atoms with van der Waals surface area (Å²) in [6.07, 6.45) is 1.76. The number of ether oxygens (including phenoxy) is 2. The number of aromatic nitrogens is 2. The number of nitrogen functional groups attached to an aromatic ring is 1. The second-order valence-corrected chi connectivity index (χ2v) is 6.16. The number of amides is 1. The predicted octanol–water partition coefficient (Wildman–Crippen LogP) is 2.10. The van der Waals surface area contributed by atoms with Crippen LogP contribution >= 0.6 is 11.6 Å². The van der Waals surface area contributed by atoms with Crippen molar-refractivity contribution in [1.82, 2.24) is 14.9 Å². The first kappa shape index (κ1) is 15.6. The average Bonchev–Trinajstić information content (AvgIpc) is 2.28. The Kier molecular flexibility index (Phi) is 4.41. The summed E-state index contributed by atoms with van der Waals surface area (Å²) in [7, 11) is 0. The Morgan fingerprint density at radius 1 is 1.52 bits per heavy atom. The molecule has 2 heterocycles. The lowest BCUT2D eigenvalue weighted by atomic mass is 10.1. The number of nitrogens with two attached hydrogens (primary N) is 1. The Balaban J connectivity index is 1.91. The van der Waals surface area contributed by atoms with Gasteiger partial charge in [0.1, 0.15) is 18.5 Å². The first-order chi connectivity index (χ1) is 9.78. The molecule has 1 atom stereocenters. The van der Waals surface area contributed by atoms with Crippen molar-refractivity contribution in [2.45, 2.75) is 38.8 Å². The van der Waals surface area contributed by atoms with E-state index in [2.05, 4.69) is 9.97 Å². The zero-order chi connectivity index (χ0) is 15.6. The van der Waals surface area contributed by atoms with Crippen LogP contribution in [0.25, 0.3) is 0 Å². The fourth-order valence-electron chi connectivity index (χ4n) is 1.85. The van der Waals surface area contributed by atoms with Gasteiger partial charge < -0.3 is 20.1 Å². The molecule has 7 nitrogen and oxygen atoms in total. The number of likely N-dealkylation sites (tertiary alicyclic amines) is 1. The van der Waals surface area contributed by atoms with Gasteiger partial charge in [-0.25, -0.2) is 14.8 Å². The predicted molar refractivity (Wildman–Crippen MR) is 78.3 cm³/mol. The van der Waals surface area contributed by atoms with Crippen LogP contribution in [0.4, 0.5) is 10.6 Å². The zero-order valence-corrected chi connectivity index (χ0v) is 13.1. The van der Waals surface area contributed by atoms with Crippen LogP contribution in [-0.4, -0.2) is 45.8 Å². The Labute approximate surface area is 128 Å². The summed E-state index contributed by atoms with van der Waals surface area (Å²) in [5.41, 5.74) is 5.16. The number of rotatable bonds is 3. The number of anilines is 1. The van der Waals surface area contributed by atoms with Crippen LogP contribution in [0.3, 0.4) is 0 Å². The molecule has 0 saturated carbocycles. The number of hydrogen-bond acceptors (Lipinski definition) is 6. The quantitative estimate of drug-likeness (QED) is 0.859.